The average Bonchev–Trinajstić information content (AvgIpc) is 2.33. The first kappa shape index (κ1) is 15.4. The molecule has 0 atom stereocenters. The molecule has 0 aromatic rings. The summed E-state index contributed by atoms with van der Waals surface area (Å²) < 4.78 is 0. The number of likely N-dealkylation sites (N-methyl/N-ethyl adjacent to an activating group) is 1. The molecule has 0 heterocycles. The molecule has 0 spiro atoms. The van der Waals surface area contributed by atoms with Gasteiger partial charge in [0.1, 0.15) is 0 Å². The third-order valence-corrected chi connectivity index (χ3v) is 4.05. The van der Waals surface area contributed by atoms with Gasteiger partial charge in [0.05, 0.1) is 5.41 Å². The highest BCUT2D eigenvalue weighted by molar-refractivity contribution is 5.83. The zero-order valence-corrected chi connectivity index (χ0v) is 12.2. The number of nitrogens with one attached hydrogen (secondary N) is 1. The highest BCUT2D eigenvalue weighted by Gasteiger charge is 2.46. The second kappa shape index (κ2) is 7.10. The van der Waals surface area contributed by atoms with Gasteiger partial charge in [-0.05, 0) is 38.3 Å². The number of nitrogens with zero attached hydrogens (tertiary/aromatic N) is 1. The lowest BCUT2D eigenvalue weighted by Gasteiger charge is -2.44. The average molecular weight is 255 g/mol. The molecule has 0 aromatic carbocycles. The van der Waals surface area contributed by atoms with Crippen LogP contribution in [0.2, 0.25) is 0 Å². The van der Waals surface area contributed by atoms with E-state index in [0.717, 1.165) is 45.4 Å². The van der Waals surface area contributed by atoms with Gasteiger partial charge in [-0.15, -0.1) is 0 Å². The van der Waals surface area contributed by atoms with Crippen molar-refractivity contribution >= 4 is 5.91 Å². The normalized spacial score (nSPS) is 27.1. The van der Waals surface area contributed by atoms with Crippen LogP contribution in [0.1, 0.15) is 40.0 Å². The summed E-state index contributed by atoms with van der Waals surface area (Å²) in [5, 5.41) is 3.06. The number of amides is 1. The Hall–Kier alpha value is -0.610. The third-order valence-electron chi connectivity index (χ3n) is 4.05. The van der Waals surface area contributed by atoms with Crippen LogP contribution >= 0.6 is 0 Å². The van der Waals surface area contributed by atoms with Crippen molar-refractivity contribution in [1.82, 2.24) is 10.2 Å². The summed E-state index contributed by atoms with van der Waals surface area (Å²) in [7, 11) is 0. The minimum atomic E-state index is -0.263. The molecule has 0 bridgehead atoms. The molecule has 18 heavy (non-hydrogen) atoms. The van der Waals surface area contributed by atoms with Crippen LogP contribution in [0.4, 0.5) is 0 Å². The van der Waals surface area contributed by atoms with E-state index in [2.05, 4.69) is 31.0 Å². The van der Waals surface area contributed by atoms with Gasteiger partial charge in [0.25, 0.3) is 0 Å². The Morgan fingerprint density at radius 3 is 2.50 bits per heavy atom. The lowest BCUT2D eigenvalue weighted by molar-refractivity contribution is -0.138. The van der Waals surface area contributed by atoms with Crippen LogP contribution in [0.3, 0.4) is 0 Å². The van der Waals surface area contributed by atoms with Crippen molar-refractivity contribution in [3.8, 4) is 0 Å². The first-order valence-corrected chi connectivity index (χ1v) is 7.28. The highest BCUT2D eigenvalue weighted by Crippen LogP contribution is 2.44. The largest absolute Gasteiger partial charge is 0.354 e. The van der Waals surface area contributed by atoms with Crippen molar-refractivity contribution in [3.05, 3.63) is 0 Å². The molecular formula is C14H29N3O. The van der Waals surface area contributed by atoms with Crippen LogP contribution in [0.15, 0.2) is 0 Å². The zero-order chi connectivity index (χ0) is 13.6. The zero-order valence-electron chi connectivity index (χ0n) is 12.2. The maximum atomic E-state index is 12.1. The summed E-state index contributed by atoms with van der Waals surface area (Å²) in [6.07, 6.45) is 3.05. The molecule has 0 saturated heterocycles. The lowest BCUT2D eigenvalue weighted by Crippen LogP contribution is -2.54. The minimum absolute atomic E-state index is 0.163. The van der Waals surface area contributed by atoms with E-state index in [0.29, 0.717) is 12.5 Å². The van der Waals surface area contributed by atoms with Crippen LogP contribution < -0.4 is 11.1 Å². The molecule has 1 aliphatic rings. The fraction of sp³-hybridized carbons (Fsp3) is 0.929. The third kappa shape index (κ3) is 3.69. The van der Waals surface area contributed by atoms with Crippen molar-refractivity contribution in [1.29, 1.82) is 0 Å². The molecule has 1 aliphatic carbocycles. The summed E-state index contributed by atoms with van der Waals surface area (Å²) in [5.74, 6) is 0.808. The number of rotatable bonds is 8. The van der Waals surface area contributed by atoms with Gasteiger partial charge in [0.2, 0.25) is 5.91 Å². The standard InChI is InChI=1S/C14H29N3O/c1-4-7-17(5-2)8-6-16-13(18)14(11-15)9-12(3)10-14/h12H,4-11,15H2,1-3H3,(H,16,18). The summed E-state index contributed by atoms with van der Waals surface area (Å²) in [4.78, 5) is 14.5. The fourth-order valence-electron chi connectivity index (χ4n) is 2.98. The van der Waals surface area contributed by atoms with Crippen LogP contribution in [0.5, 0.6) is 0 Å². The first-order chi connectivity index (χ1) is 8.57. The molecule has 3 N–H and O–H groups in total. The molecule has 1 fully saturated rings. The number of carbonyl (C=O) groups excluding carboxylic acids is 1. The SMILES string of the molecule is CCCN(CC)CCNC(=O)C1(CN)CC(C)C1. The molecule has 0 aliphatic heterocycles. The van der Waals surface area contributed by atoms with E-state index in [1.165, 1.54) is 0 Å². The van der Waals surface area contributed by atoms with Crippen LogP contribution in [0, 0.1) is 11.3 Å². The number of hydrogen-bond donors (Lipinski definition) is 2. The van der Waals surface area contributed by atoms with Gasteiger partial charge in [0.15, 0.2) is 0 Å². The summed E-state index contributed by atoms with van der Waals surface area (Å²) in [6.45, 7) is 10.8. The maximum Gasteiger partial charge on any atom is 0.227 e. The maximum absolute atomic E-state index is 12.1. The predicted octanol–water partition coefficient (Wildman–Crippen LogP) is 1.21. The summed E-state index contributed by atoms with van der Waals surface area (Å²) in [5.41, 5.74) is 5.50. The van der Waals surface area contributed by atoms with Gasteiger partial charge in [0, 0.05) is 19.6 Å². The molecule has 1 amide bonds. The molecule has 4 heteroatoms. The Labute approximate surface area is 111 Å². The smallest absolute Gasteiger partial charge is 0.227 e. The Morgan fingerprint density at radius 1 is 1.39 bits per heavy atom. The van der Waals surface area contributed by atoms with Gasteiger partial charge in [-0.1, -0.05) is 20.8 Å². The van der Waals surface area contributed by atoms with E-state index in [9.17, 15) is 4.79 Å². The molecular weight excluding hydrogens is 226 g/mol. The Balaban J connectivity index is 2.28. The van der Waals surface area contributed by atoms with Gasteiger partial charge in [-0.25, -0.2) is 0 Å². The molecule has 1 rings (SSSR count). The van der Waals surface area contributed by atoms with Gasteiger partial charge >= 0.3 is 0 Å². The van der Waals surface area contributed by atoms with Crippen molar-refractivity contribution in [2.75, 3.05) is 32.7 Å². The Morgan fingerprint density at radius 2 is 2.06 bits per heavy atom. The Bertz CT molecular complexity index is 262. The van der Waals surface area contributed by atoms with E-state index >= 15 is 0 Å². The topological polar surface area (TPSA) is 58.4 Å². The van der Waals surface area contributed by atoms with Gasteiger partial charge in [-0.3, -0.25) is 4.79 Å². The molecule has 0 radical (unpaired) electrons. The van der Waals surface area contributed by atoms with E-state index in [-0.39, 0.29) is 11.3 Å². The predicted molar refractivity (Wildman–Crippen MR) is 75.3 cm³/mol. The molecule has 1 saturated carbocycles. The van der Waals surface area contributed by atoms with E-state index in [4.69, 9.17) is 5.73 Å². The van der Waals surface area contributed by atoms with E-state index < -0.39 is 0 Å². The van der Waals surface area contributed by atoms with Gasteiger partial charge < -0.3 is 16.0 Å². The van der Waals surface area contributed by atoms with Crippen molar-refractivity contribution < 1.29 is 4.79 Å². The minimum Gasteiger partial charge on any atom is -0.354 e. The van der Waals surface area contributed by atoms with Crippen molar-refractivity contribution in [3.63, 3.8) is 0 Å². The van der Waals surface area contributed by atoms with Crippen molar-refractivity contribution in [2.24, 2.45) is 17.1 Å². The highest BCUT2D eigenvalue weighted by atomic mass is 16.2. The van der Waals surface area contributed by atoms with E-state index in [1.54, 1.807) is 0 Å². The first-order valence-electron chi connectivity index (χ1n) is 7.28. The van der Waals surface area contributed by atoms with Crippen LogP contribution in [-0.4, -0.2) is 43.5 Å². The Kier molecular flexibility index (Phi) is 6.09. The molecule has 4 nitrogen and oxygen atoms in total. The monoisotopic (exact) mass is 255 g/mol. The second-order valence-electron chi connectivity index (χ2n) is 5.69. The summed E-state index contributed by atoms with van der Waals surface area (Å²) >= 11 is 0. The van der Waals surface area contributed by atoms with Gasteiger partial charge in [-0.2, -0.15) is 0 Å². The number of nitrogens with two attached hydrogens (primary N) is 1. The summed E-state index contributed by atoms with van der Waals surface area (Å²) in [6, 6.07) is 0. The second-order valence-corrected chi connectivity index (χ2v) is 5.69. The van der Waals surface area contributed by atoms with Crippen molar-refractivity contribution in [2.45, 2.75) is 40.0 Å². The number of carbonyl (C=O) groups is 1. The molecule has 0 unspecified atom stereocenters. The van der Waals surface area contributed by atoms with Crippen LogP contribution in [0.25, 0.3) is 0 Å². The van der Waals surface area contributed by atoms with E-state index in [1.807, 2.05) is 0 Å². The quantitative estimate of drug-likeness (QED) is 0.685. The lowest BCUT2D eigenvalue weighted by atomic mass is 9.62. The number of hydrogen-bond acceptors (Lipinski definition) is 3. The molecule has 0 aromatic heterocycles. The fourth-order valence-corrected chi connectivity index (χ4v) is 2.98. The van der Waals surface area contributed by atoms with Crippen LogP contribution in [-0.2, 0) is 4.79 Å². The molecule has 106 valence electrons.